The van der Waals surface area contributed by atoms with E-state index in [2.05, 4.69) is 6.92 Å². The fraction of sp³-hybridized carbons (Fsp3) is 0.500. The number of ketones is 1. The summed E-state index contributed by atoms with van der Waals surface area (Å²) in [6.07, 6.45) is 6.62. The second-order valence-electron chi connectivity index (χ2n) is 6.79. The molecule has 0 N–H and O–H groups in total. The summed E-state index contributed by atoms with van der Waals surface area (Å²) in [4.78, 5) is 27.1. The first-order valence-corrected chi connectivity index (χ1v) is 9.02. The van der Waals surface area contributed by atoms with Gasteiger partial charge in [-0.1, -0.05) is 25.1 Å². The van der Waals surface area contributed by atoms with Crippen LogP contribution < -0.4 is 0 Å². The number of carbonyl (C=O) groups excluding carboxylic acids is 2. The Balaban J connectivity index is 1.89. The van der Waals surface area contributed by atoms with Crippen LogP contribution in [0.1, 0.15) is 56.3 Å². The van der Waals surface area contributed by atoms with Crippen LogP contribution in [0.25, 0.3) is 10.9 Å². The minimum absolute atomic E-state index is 0.150. The number of benzene rings is 1. The standard InChI is InChI=1S/C20H26N2O2/c1-3-8-19(23)17-13-21(18-11-5-4-10-16(17)18)14-20(24)22-12-7-6-9-15(22)2/h4-5,10-11,13,15H,3,6-9,12,14H2,1-2H3/t15-/m1/s1. The maximum absolute atomic E-state index is 12.7. The van der Waals surface area contributed by atoms with Gasteiger partial charge in [-0.2, -0.15) is 0 Å². The first kappa shape index (κ1) is 16.7. The summed E-state index contributed by atoms with van der Waals surface area (Å²) in [5.41, 5.74) is 1.71. The lowest BCUT2D eigenvalue weighted by atomic mass is 10.0. The fourth-order valence-corrected chi connectivity index (χ4v) is 3.67. The van der Waals surface area contributed by atoms with Crippen LogP contribution in [0.5, 0.6) is 0 Å². The second kappa shape index (κ2) is 7.20. The number of Topliss-reactive ketones (excluding diaryl/α,β-unsaturated/α-hetero) is 1. The van der Waals surface area contributed by atoms with Crippen molar-refractivity contribution in [3.8, 4) is 0 Å². The lowest BCUT2D eigenvalue weighted by molar-refractivity contribution is -0.135. The maximum atomic E-state index is 12.7. The Morgan fingerprint density at radius 1 is 1.21 bits per heavy atom. The van der Waals surface area contributed by atoms with Crippen LogP contribution in [-0.4, -0.2) is 33.7 Å². The lowest BCUT2D eigenvalue weighted by Crippen LogP contribution is -2.43. The van der Waals surface area contributed by atoms with E-state index in [1.54, 1.807) is 0 Å². The highest BCUT2D eigenvalue weighted by atomic mass is 16.2. The number of nitrogens with zero attached hydrogens (tertiary/aromatic N) is 2. The largest absolute Gasteiger partial charge is 0.338 e. The van der Waals surface area contributed by atoms with E-state index in [-0.39, 0.29) is 11.7 Å². The molecule has 1 saturated heterocycles. The van der Waals surface area contributed by atoms with E-state index < -0.39 is 0 Å². The highest BCUT2D eigenvalue weighted by molar-refractivity contribution is 6.08. The number of aromatic nitrogens is 1. The molecule has 1 aliphatic heterocycles. The summed E-state index contributed by atoms with van der Waals surface area (Å²) < 4.78 is 1.95. The van der Waals surface area contributed by atoms with Gasteiger partial charge in [0.25, 0.3) is 0 Å². The van der Waals surface area contributed by atoms with E-state index in [0.29, 0.717) is 19.0 Å². The molecule has 2 heterocycles. The van der Waals surface area contributed by atoms with E-state index in [9.17, 15) is 9.59 Å². The molecule has 128 valence electrons. The van der Waals surface area contributed by atoms with Crippen molar-refractivity contribution >= 4 is 22.6 Å². The minimum atomic E-state index is 0.150. The zero-order chi connectivity index (χ0) is 17.1. The van der Waals surface area contributed by atoms with Gasteiger partial charge in [-0.25, -0.2) is 0 Å². The molecular formula is C20H26N2O2. The Kier molecular flexibility index (Phi) is 5.03. The first-order chi connectivity index (χ1) is 11.6. The van der Waals surface area contributed by atoms with Gasteiger partial charge in [0, 0.05) is 41.7 Å². The highest BCUT2D eigenvalue weighted by Gasteiger charge is 2.24. The number of hydrogen-bond donors (Lipinski definition) is 0. The molecule has 4 nitrogen and oxygen atoms in total. The summed E-state index contributed by atoms with van der Waals surface area (Å²) in [6.45, 7) is 5.30. The summed E-state index contributed by atoms with van der Waals surface area (Å²) in [5.74, 6) is 0.309. The number of amides is 1. The molecule has 1 fully saturated rings. The van der Waals surface area contributed by atoms with Gasteiger partial charge in [-0.05, 0) is 38.7 Å². The summed E-state index contributed by atoms with van der Waals surface area (Å²) in [7, 11) is 0. The number of rotatable bonds is 5. The Morgan fingerprint density at radius 2 is 2.00 bits per heavy atom. The number of likely N-dealkylation sites (tertiary alicyclic amines) is 1. The van der Waals surface area contributed by atoms with Crippen LogP contribution in [0.2, 0.25) is 0 Å². The molecule has 1 amide bonds. The smallest absolute Gasteiger partial charge is 0.242 e. The third-order valence-electron chi connectivity index (χ3n) is 4.99. The van der Waals surface area contributed by atoms with Crippen LogP contribution in [0.3, 0.4) is 0 Å². The molecule has 2 aromatic rings. The molecule has 0 saturated carbocycles. The number of fused-ring (bicyclic) bond motifs is 1. The van der Waals surface area contributed by atoms with Gasteiger partial charge in [0.2, 0.25) is 5.91 Å². The van der Waals surface area contributed by atoms with Crippen molar-refractivity contribution in [3.63, 3.8) is 0 Å². The molecule has 1 aliphatic rings. The Bertz CT molecular complexity index is 747. The van der Waals surface area contributed by atoms with Crippen molar-refractivity contribution < 1.29 is 9.59 Å². The fourth-order valence-electron chi connectivity index (χ4n) is 3.67. The van der Waals surface area contributed by atoms with Gasteiger partial charge in [0.15, 0.2) is 5.78 Å². The van der Waals surface area contributed by atoms with Crippen LogP contribution in [0.15, 0.2) is 30.5 Å². The monoisotopic (exact) mass is 326 g/mol. The van der Waals surface area contributed by atoms with Crippen LogP contribution in [-0.2, 0) is 11.3 Å². The van der Waals surface area contributed by atoms with E-state index in [4.69, 9.17) is 0 Å². The Morgan fingerprint density at radius 3 is 2.75 bits per heavy atom. The number of piperidine rings is 1. The van der Waals surface area contributed by atoms with E-state index >= 15 is 0 Å². The Hall–Kier alpha value is -2.10. The van der Waals surface area contributed by atoms with Crippen LogP contribution in [0.4, 0.5) is 0 Å². The van der Waals surface area contributed by atoms with Crippen molar-refractivity contribution in [2.24, 2.45) is 0 Å². The van der Waals surface area contributed by atoms with Gasteiger partial charge in [0.1, 0.15) is 6.54 Å². The van der Waals surface area contributed by atoms with Gasteiger partial charge in [0.05, 0.1) is 0 Å². The van der Waals surface area contributed by atoms with Crippen molar-refractivity contribution in [1.82, 2.24) is 9.47 Å². The zero-order valence-corrected chi connectivity index (χ0v) is 14.6. The Labute approximate surface area is 143 Å². The molecule has 0 unspecified atom stereocenters. The molecule has 4 heteroatoms. The lowest BCUT2D eigenvalue weighted by Gasteiger charge is -2.33. The molecule has 0 radical (unpaired) electrons. The van der Waals surface area contributed by atoms with E-state index in [1.165, 1.54) is 6.42 Å². The molecule has 24 heavy (non-hydrogen) atoms. The van der Waals surface area contributed by atoms with Crippen LogP contribution >= 0.6 is 0 Å². The molecule has 1 atom stereocenters. The van der Waals surface area contributed by atoms with E-state index in [1.807, 2.05) is 46.9 Å². The SMILES string of the molecule is CCCC(=O)c1cn(CC(=O)N2CCCC[C@H]2C)c2ccccc12. The molecule has 0 spiro atoms. The normalized spacial score (nSPS) is 18.1. The van der Waals surface area contributed by atoms with Crippen molar-refractivity contribution in [3.05, 3.63) is 36.0 Å². The van der Waals surface area contributed by atoms with Crippen LogP contribution in [0, 0.1) is 0 Å². The first-order valence-electron chi connectivity index (χ1n) is 9.02. The molecule has 0 bridgehead atoms. The molecule has 0 aliphatic carbocycles. The minimum Gasteiger partial charge on any atom is -0.338 e. The van der Waals surface area contributed by atoms with Gasteiger partial charge < -0.3 is 9.47 Å². The molecule has 1 aromatic carbocycles. The van der Waals surface area contributed by atoms with Gasteiger partial charge >= 0.3 is 0 Å². The number of para-hydroxylation sites is 1. The molecular weight excluding hydrogens is 300 g/mol. The van der Waals surface area contributed by atoms with Gasteiger partial charge in [-0.3, -0.25) is 9.59 Å². The van der Waals surface area contributed by atoms with Crippen molar-refractivity contribution in [2.75, 3.05) is 6.54 Å². The predicted molar refractivity (Wildman–Crippen MR) is 96.2 cm³/mol. The van der Waals surface area contributed by atoms with E-state index in [0.717, 1.165) is 42.3 Å². The topological polar surface area (TPSA) is 42.3 Å². The van der Waals surface area contributed by atoms with Crippen molar-refractivity contribution in [2.45, 2.75) is 58.5 Å². The molecule has 1 aromatic heterocycles. The molecule has 3 rings (SSSR count). The van der Waals surface area contributed by atoms with Gasteiger partial charge in [-0.15, -0.1) is 0 Å². The second-order valence-corrected chi connectivity index (χ2v) is 6.79. The third-order valence-corrected chi connectivity index (χ3v) is 4.99. The summed E-state index contributed by atoms with van der Waals surface area (Å²) in [6, 6.07) is 8.19. The average molecular weight is 326 g/mol. The number of hydrogen-bond acceptors (Lipinski definition) is 2. The summed E-state index contributed by atoms with van der Waals surface area (Å²) >= 11 is 0. The quantitative estimate of drug-likeness (QED) is 0.779. The zero-order valence-electron chi connectivity index (χ0n) is 14.6. The number of carbonyl (C=O) groups is 2. The highest BCUT2D eigenvalue weighted by Crippen LogP contribution is 2.24. The average Bonchev–Trinajstić information content (AvgIpc) is 2.94. The third kappa shape index (κ3) is 3.23. The van der Waals surface area contributed by atoms with Crippen molar-refractivity contribution in [1.29, 1.82) is 0 Å². The maximum Gasteiger partial charge on any atom is 0.242 e. The summed E-state index contributed by atoms with van der Waals surface area (Å²) in [5, 5.41) is 0.954. The predicted octanol–water partition coefficient (Wildman–Crippen LogP) is 4.03.